The van der Waals surface area contributed by atoms with Gasteiger partial charge in [-0.3, -0.25) is 14.9 Å². The Hall–Kier alpha value is -3.03. The Morgan fingerprint density at radius 1 is 1.03 bits per heavy atom. The number of piperazine rings is 1. The zero-order chi connectivity index (χ0) is 21.3. The summed E-state index contributed by atoms with van der Waals surface area (Å²) < 4.78 is 2.10. The number of fused-ring (bicyclic) bond motifs is 1. The number of nitrogens with one attached hydrogen (secondary N) is 2. The second-order valence-electron chi connectivity index (χ2n) is 8.24. The molecule has 2 heterocycles. The van der Waals surface area contributed by atoms with Crippen LogP contribution in [0, 0.1) is 17.0 Å². The summed E-state index contributed by atoms with van der Waals surface area (Å²) in [7, 11) is 2.02. The summed E-state index contributed by atoms with van der Waals surface area (Å²) in [6.07, 6.45) is 0. The first-order chi connectivity index (χ1) is 14.4. The van der Waals surface area contributed by atoms with E-state index in [2.05, 4.69) is 10.6 Å². The van der Waals surface area contributed by atoms with Crippen LogP contribution < -0.4 is 9.80 Å². The van der Waals surface area contributed by atoms with Gasteiger partial charge in [0, 0.05) is 41.3 Å². The van der Waals surface area contributed by atoms with Crippen molar-refractivity contribution in [2.45, 2.75) is 13.5 Å². The smallest absolute Gasteiger partial charge is 0.269 e. The molecule has 156 valence electrons. The van der Waals surface area contributed by atoms with Crippen molar-refractivity contribution in [1.29, 1.82) is 0 Å². The molecule has 0 radical (unpaired) electrons. The summed E-state index contributed by atoms with van der Waals surface area (Å²) in [5, 5.41) is 11.8. The monoisotopic (exact) mass is 408 g/mol. The maximum absolute atomic E-state index is 13.1. The molecule has 0 amide bonds. The van der Waals surface area contributed by atoms with Crippen LogP contribution in [0.25, 0.3) is 10.9 Å². The molecule has 2 N–H and O–H groups in total. The van der Waals surface area contributed by atoms with Crippen LogP contribution in [0.15, 0.2) is 48.5 Å². The minimum atomic E-state index is -0.368. The fourth-order valence-electron chi connectivity index (χ4n) is 4.52. The molecule has 0 unspecified atom stereocenters. The Kier molecular flexibility index (Phi) is 5.65. The maximum Gasteiger partial charge on any atom is 0.269 e. The molecule has 7 heteroatoms. The Bertz CT molecular complexity index is 1080. The molecule has 1 saturated heterocycles. The van der Waals surface area contributed by atoms with E-state index in [1.54, 1.807) is 12.1 Å². The number of hydrogen-bond acceptors (Lipinski definition) is 3. The number of para-hydroxylation sites is 1. The molecule has 2 aromatic carbocycles. The van der Waals surface area contributed by atoms with E-state index in [9.17, 15) is 14.9 Å². The summed E-state index contributed by atoms with van der Waals surface area (Å²) in [5.41, 5.74) is 4.24. The van der Waals surface area contributed by atoms with Gasteiger partial charge in [-0.05, 0) is 25.1 Å². The van der Waals surface area contributed by atoms with Gasteiger partial charge in [-0.2, -0.15) is 0 Å². The molecule has 0 spiro atoms. The minimum absolute atomic E-state index is 0.130. The molecule has 4 rings (SSSR count). The van der Waals surface area contributed by atoms with Crippen molar-refractivity contribution < 1.29 is 19.5 Å². The minimum Gasteiger partial charge on any atom is -0.347 e. The number of Topliss-reactive ketones (excluding diaryl/α,β-unsaturated/α-hetero) is 1. The zero-order valence-electron chi connectivity index (χ0n) is 17.5. The number of ketones is 1. The third kappa shape index (κ3) is 3.99. The molecule has 1 aliphatic rings. The molecule has 7 nitrogen and oxygen atoms in total. The van der Waals surface area contributed by atoms with Crippen LogP contribution in [0.1, 0.15) is 21.6 Å². The number of nitro benzene ring substituents is 1. The summed E-state index contributed by atoms with van der Waals surface area (Å²) >= 11 is 0. The highest BCUT2D eigenvalue weighted by molar-refractivity contribution is 6.09. The standard InChI is InChI=1S/C23H26N4O3/c1-17-23(20-5-3-4-6-21(20)24(17)2)22(28)16-26-13-11-25(12-14-26)15-18-7-9-19(10-8-18)27(29)30/h3-10H,11-16H2,1-2H3/p+2. The van der Waals surface area contributed by atoms with Crippen molar-refractivity contribution in [1.82, 2.24) is 4.57 Å². The molecule has 0 aliphatic carbocycles. The summed E-state index contributed by atoms with van der Waals surface area (Å²) in [5.74, 6) is 0.220. The Balaban J connectivity index is 1.35. The first-order valence-corrected chi connectivity index (χ1v) is 10.4. The average Bonchev–Trinajstić information content (AvgIpc) is 3.00. The lowest BCUT2D eigenvalue weighted by atomic mass is 10.1. The van der Waals surface area contributed by atoms with Crippen LogP contribution in [0.4, 0.5) is 5.69 Å². The number of non-ortho nitro benzene ring substituents is 1. The topological polar surface area (TPSA) is 74.0 Å². The van der Waals surface area contributed by atoms with Gasteiger partial charge in [0.25, 0.3) is 5.69 Å². The van der Waals surface area contributed by atoms with Gasteiger partial charge in [0.15, 0.2) is 0 Å². The van der Waals surface area contributed by atoms with E-state index >= 15 is 0 Å². The number of carbonyl (C=O) groups excluding carboxylic acids is 1. The second-order valence-corrected chi connectivity index (χ2v) is 8.24. The van der Waals surface area contributed by atoms with Crippen LogP contribution in [-0.4, -0.2) is 48.0 Å². The molecule has 0 atom stereocenters. The molecule has 3 aromatic rings. The predicted octanol–water partition coefficient (Wildman–Crippen LogP) is 0.561. The molecule has 1 fully saturated rings. The fourth-order valence-corrected chi connectivity index (χ4v) is 4.52. The van der Waals surface area contributed by atoms with E-state index in [0.29, 0.717) is 6.54 Å². The first-order valence-electron chi connectivity index (χ1n) is 10.4. The predicted molar refractivity (Wildman–Crippen MR) is 115 cm³/mol. The molecule has 1 aromatic heterocycles. The molecule has 0 saturated carbocycles. The van der Waals surface area contributed by atoms with Crippen molar-refractivity contribution in [2.24, 2.45) is 7.05 Å². The van der Waals surface area contributed by atoms with Crippen LogP contribution in [-0.2, 0) is 13.6 Å². The number of nitro groups is 1. The van der Waals surface area contributed by atoms with Gasteiger partial charge < -0.3 is 14.4 Å². The number of benzene rings is 2. The van der Waals surface area contributed by atoms with Crippen LogP contribution in [0.5, 0.6) is 0 Å². The Morgan fingerprint density at radius 2 is 1.67 bits per heavy atom. The summed E-state index contributed by atoms with van der Waals surface area (Å²) in [6.45, 7) is 7.31. The lowest BCUT2D eigenvalue weighted by Crippen LogP contribution is -3.27. The number of hydrogen-bond donors (Lipinski definition) is 2. The third-order valence-corrected chi connectivity index (χ3v) is 6.35. The van der Waals surface area contributed by atoms with Crippen LogP contribution in [0.3, 0.4) is 0 Å². The fraction of sp³-hybridized carbons (Fsp3) is 0.348. The number of nitrogens with zero attached hydrogens (tertiary/aromatic N) is 2. The summed E-state index contributed by atoms with van der Waals surface area (Å²) in [6, 6.07) is 14.9. The average molecular weight is 409 g/mol. The van der Waals surface area contributed by atoms with Crippen molar-refractivity contribution in [3.63, 3.8) is 0 Å². The highest BCUT2D eigenvalue weighted by Crippen LogP contribution is 2.24. The van der Waals surface area contributed by atoms with Gasteiger partial charge in [-0.1, -0.05) is 18.2 Å². The highest BCUT2D eigenvalue weighted by atomic mass is 16.6. The second kappa shape index (κ2) is 8.38. The van der Waals surface area contributed by atoms with E-state index < -0.39 is 0 Å². The molecule has 1 aliphatic heterocycles. The molecular weight excluding hydrogens is 380 g/mol. The normalized spacial score (nSPS) is 19.1. The quantitative estimate of drug-likeness (QED) is 0.356. The van der Waals surface area contributed by atoms with Gasteiger partial charge >= 0.3 is 0 Å². The van der Waals surface area contributed by atoms with Crippen molar-refractivity contribution >= 4 is 22.4 Å². The van der Waals surface area contributed by atoms with Gasteiger partial charge in [-0.25, -0.2) is 0 Å². The molecule has 30 heavy (non-hydrogen) atoms. The first kappa shape index (κ1) is 20.3. The van der Waals surface area contributed by atoms with Crippen molar-refractivity contribution in [2.75, 3.05) is 32.7 Å². The van der Waals surface area contributed by atoms with E-state index in [-0.39, 0.29) is 16.4 Å². The lowest BCUT2D eigenvalue weighted by molar-refractivity contribution is -1.01. The Labute approximate surface area is 175 Å². The van der Waals surface area contributed by atoms with E-state index in [4.69, 9.17) is 0 Å². The third-order valence-electron chi connectivity index (χ3n) is 6.35. The number of carbonyl (C=O) groups is 1. The van der Waals surface area contributed by atoms with Gasteiger partial charge in [-0.15, -0.1) is 0 Å². The largest absolute Gasteiger partial charge is 0.347 e. The van der Waals surface area contributed by atoms with Crippen LogP contribution >= 0.6 is 0 Å². The number of aryl methyl sites for hydroxylation is 1. The SMILES string of the molecule is Cc1c(C(=O)C[NH+]2CC[NH+](Cc3ccc([N+](=O)[O-])cc3)CC2)c2ccccc2n1C. The summed E-state index contributed by atoms with van der Waals surface area (Å²) in [4.78, 5) is 26.3. The van der Waals surface area contributed by atoms with Crippen molar-refractivity contribution in [3.05, 3.63) is 75.5 Å². The maximum atomic E-state index is 13.1. The Morgan fingerprint density at radius 3 is 2.33 bits per heavy atom. The highest BCUT2D eigenvalue weighted by Gasteiger charge is 2.27. The van der Waals surface area contributed by atoms with E-state index in [0.717, 1.165) is 60.4 Å². The van der Waals surface area contributed by atoms with Crippen LogP contribution in [0.2, 0.25) is 0 Å². The van der Waals surface area contributed by atoms with Gasteiger partial charge in [0.1, 0.15) is 39.3 Å². The van der Waals surface area contributed by atoms with E-state index in [1.807, 2.05) is 44.3 Å². The van der Waals surface area contributed by atoms with Gasteiger partial charge in [0.2, 0.25) is 5.78 Å². The number of aromatic nitrogens is 1. The van der Waals surface area contributed by atoms with Gasteiger partial charge in [0.05, 0.1) is 10.5 Å². The number of quaternary nitrogens is 2. The number of rotatable bonds is 6. The molecular formula is C23H28N4O3+2. The van der Waals surface area contributed by atoms with Crippen molar-refractivity contribution in [3.8, 4) is 0 Å². The zero-order valence-corrected chi connectivity index (χ0v) is 17.5. The molecule has 0 bridgehead atoms. The van der Waals surface area contributed by atoms with E-state index in [1.165, 1.54) is 9.80 Å². The lowest BCUT2D eigenvalue weighted by Gasteiger charge is -2.29.